The Bertz CT molecular complexity index is 833. The molecule has 0 saturated carbocycles. The number of aromatic carboxylic acids is 1. The van der Waals surface area contributed by atoms with Gasteiger partial charge in [0, 0.05) is 10.4 Å². The Morgan fingerprint density at radius 1 is 1.17 bits per heavy atom. The van der Waals surface area contributed by atoms with Gasteiger partial charge in [-0.3, -0.25) is 9.59 Å². The lowest BCUT2D eigenvalue weighted by Gasteiger charge is -2.17. The second kappa shape index (κ2) is 5.96. The number of benzene rings is 1. The van der Waals surface area contributed by atoms with E-state index in [1.807, 2.05) is 0 Å². The molecule has 2 rings (SSSR count). The molecule has 1 aromatic carbocycles. The molecule has 120 valence electrons. The molecule has 1 aromatic heterocycles. The van der Waals surface area contributed by atoms with Crippen LogP contribution in [0.5, 0.6) is 0 Å². The largest absolute Gasteiger partial charge is 0.477 e. The summed E-state index contributed by atoms with van der Waals surface area (Å²) in [6.45, 7) is 5.07. The summed E-state index contributed by atoms with van der Waals surface area (Å²) in [4.78, 5) is 36.0. The van der Waals surface area contributed by atoms with Gasteiger partial charge >= 0.3 is 5.97 Å². The number of nitrogens with zero attached hydrogens (tertiary/aromatic N) is 2. The van der Waals surface area contributed by atoms with Gasteiger partial charge in [0.2, 0.25) is 0 Å². The Morgan fingerprint density at radius 3 is 2.22 bits per heavy atom. The fourth-order valence-electron chi connectivity index (χ4n) is 1.90. The molecule has 6 nitrogen and oxygen atoms in total. The van der Waals surface area contributed by atoms with E-state index in [4.69, 9.17) is 11.6 Å². The summed E-state index contributed by atoms with van der Waals surface area (Å²) in [5.74, 6) is -1.77. The van der Waals surface area contributed by atoms with Crippen LogP contribution in [0.2, 0.25) is 5.02 Å². The van der Waals surface area contributed by atoms with Gasteiger partial charge in [-0.25, -0.2) is 4.79 Å². The van der Waals surface area contributed by atoms with Crippen LogP contribution in [0, 0.1) is 5.41 Å². The normalized spacial score (nSPS) is 11.3. The van der Waals surface area contributed by atoms with Gasteiger partial charge in [0.15, 0.2) is 5.78 Å². The molecular weight excluding hydrogens is 320 g/mol. The molecule has 2 aromatic rings. The van der Waals surface area contributed by atoms with Crippen LogP contribution in [0.15, 0.2) is 35.1 Å². The van der Waals surface area contributed by atoms with E-state index in [0.29, 0.717) is 10.7 Å². The number of carboxylic acid groups (broad SMARTS) is 1. The average Bonchev–Trinajstić information content (AvgIpc) is 2.46. The first kappa shape index (κ1) is 16.9. The van der Waals surface area contributed by atoms with Crippen LogP contribution < -0.4 is 5.56 Å². The second-order valence-corrected chi connectivity index (χ2v) is 6.46. The van der Waals surface area contributed by atoms with E-state index >= 15 is 0 Å². The number of ketones is 1. The SMILES string of the molecule is CC(C)(C)C(=O)c1cc(C(=O)O)c(=O)n(-c2ccc(Cl)cc2)n1. The number of hydrogen-bond acceptors (Lipinski definition) is 4. The van der Waals surface area contributed by atoms with Crippen molar-refractivity contribution in [3.05, 3.63) is 57.0 Å². The lowest BCUT2D eigenvalue weighted by Crippen LogP contribution is -2.31. The van der Waals surface area contributed by atoms with Crippen LogP contribution in [0.25, 0.3) is 5.69 Å². The monoisotopic (exact) mass is 334 g/mol. The van der Waals surface area contributed by atoms with E-state index in [2.05, 4.69) is 5.10 Å². The van der Waals surface area contributed by atoms with E-state index < -0.39 is 22.5 Å². The van der Waals surface area contributed by atoms with E-state index in [0.717, 1.165) is 10.7 Å². The molecular formula is C16H15ClN2O4. The molecule has 0 aliphatic rings. The maximum atomic E-state index is 12.4. The van der Waals surface area contributed by atoms with Crippen molar-refractivity contribution in [2.75, 3.05) is 0 Å². The molecule has 1 heterocycles. The van der Waals surface area contributed by atoms with Crippen molar-refractivity contribution in [3.8, 4) is 5.69 Å². The Balaban J connectivity index is 2.73. The minimum Gasteiger partial charge on any atom is -0.477 e. The van der Waals surface area contributed by atoms with Gasteiger partial charge in [0.1, 0.15) is 11.3 Å². The molecule has 0 bridgehead atoms. The van der Waals surface area contributed by atoms with Crippen molar-refractivity contribution < 1.29 is 14.7 Å². The van der Waals surface area contributed by atoms with E-state index in [-0.39, 0.29) is 11.5 Å². The lowest BCUT2D eigenvalue weighted by atomic mass is 9.88. The number of Topliss-reactive ketones (excluding diaryl/α,β-unsaturated/α-hetero) is 1. The number of carboxylic acids is 1. The number of aromatic nitrogens is 2. The van der Waals surface area contributed by atoms with Gasteiger partial charge in [-0.05, 0) is 30.3 Å². The molecule has 1 N–H and O–H groups in total. The highest BCUT2D eigenvalue weighted by atomic mass is 35.5. The number of carbonyl (C=O) groups excluding carboxylic acids is 1. The molecule has 0 saturated heterocycles. The molecule has 0 amide bonds. The van der Waals surface area contributed by atoms with Crippen molar-refractivity contribution >= 4 is 23.4 Å². The summed E-state index contributed by atoms with van der Waals surface area (Å²) in [5.41, 5.74) is -1.84. The highest BCUT2D eigenvalue weighted by Crippen LogP contribution is 2.20. The summed E-state index contributed by atoms with van der Waals surface area (Å²) >= 11 is 5.81. The van der Waals surface area contributed by atoms with Gasteiger partial charge in [-0.15, -0.1) is 0 Å². The third-order valence-corrected chi connectivity index (χ3v) is 3.38. The molecule has 0 radical (unpaired) electrons. The topological polar surface area (TPSA) is 89.3 Å². The van der Waals surface area contributed by atoms with Crippen LogP contribution in [0.3, 0.4) is 0 Å². The predicted molar refractivity (Wildman–Crippen MR) is 85.6 cm³/mol. The van der Waals surface area contributed by atoms with Crippen LogP contribution in [-0.2, 0) is 0 Å². The second-order valence-electron chi connectivity index (χ2n) is 6.02. The molecule has 0 aliphatic heterocycles. The zero-order chi connectivity index (χ0) is 17.4. The van der Waals surface area contributed by atoms with E-state index in [1.54, 1.807) is 32.9 Å². The van der Waals surface area contributed by atoms with Gasteiger partial charge in [0.25, 0.3) is 5.56 Å². The van der Waals surface area contributed by atoms with Crippen LogP contribution in [0.4, 0.5) is 0 Å². The molecule has 0 atom stereocenters. The average molecular weight is 335 g/mol. The highest BCUT2D eigenvalue weighted by molar-refractivity contribution is 6.30. The van der Waals surface area contributed by atoms with Crippen molar-refractivity contribution in [3.63, 3.8) is 0 Å². The van der Waals surface area contributed by atoms with Crippen molar-refractivity contribution in [1.29, 1.82) is 0 Å². The smallest absolute Gasteiger partial charge is 0.341 e. The molecule has 0 fully saturated rings. The minimum absolute atomic E-state index is 0.0792. The van der Waals surface area contributed by atoms with Gasteiger partial charge in [-0.2, -0.15) is 9.78 Å². The summed E-state index contributed by atoms with van der Waals surface area (Å²) in [7, 11) is 0. The molecule has 0 aliphatic carbocycles. The zero-order valence-corrected chi connectivity index (χ0v) is 13.6. The van der Waals surface area contributed by atoms with Crippen molar-refractivity contribution in [1.82, 2.24) is 9.78 Å². The number of rotatable bonds is 3. The first-order chi connectivity index (χ1) is 10.6. The maximum absolute atomic E-state index is 12.4. The first-order valence-corrected chi connectivity index (χ1v) is 7.17. The van der Waals surface area contributed by atoms with Crippen molar-refractivity contribution in [2.45, 2.75) is 20.8 Å². The fraction of sp³-hybridized carbons (Fsp3) is 0.250. The summed E-state index contributed by atoms with van der Waals surface area (Å²) < 4.78 is 0.902. The predicted octanol–water partition coefficient (Wildman–Crippen LogP) is 2.81. The molecule has 0 spiro atoms. The van der Waals surface area contributed by atoms with Gasteiger partial charge < -0.3 is 5.11 Å². The summed E-state index contributed by atoms with van der Waals surface area (Å²) in [5, 5.41) is 13.7. The van der Waals surface area contributed by atoms with Crippen LogP contribution in [-0.4, -0.2) is 26.6 Å². The Hall–Kier alpha value is -2.47. The quantitative estimate of drug-likeness (QED) is 0.872. The zero-order valence-electron chi connectivity index (χ0n) is 12.8. The maximum Gasteiger partial charge on any atom is 0.341 e. The van der Waals surface area contributed by atoms with Crippen LogP contribution >= 0.6 is 11.6 Å². The fourth-order valence-corrected chi connectivity index (χ4v) is 2.03. The Labute approximate surface area is 137 Å². The Kier molecular flexibility index (Phi) is 4.38. The summed E-state index contributed by atoms with van der Waals surface area (Å²) in [6.07, 6.45) is 0. The standard InChI is InChI=1S/C16H15ClN2O4/c1-16(2,3)13(20)12-8-11(15(22)23)14(21)19(18-12)10-6-4-9(17)5-7-10/h4-8H,1-3H3,(H,22,23). The first-order valence-electron chi connectivity index (χ1n) is 6.79. The molecule has 7 heteroatoms. The Morgan fingerprint density at radius 2 is 1.74 bits per heavy atom. The third kappa shape index (κ3) is 3.48. The van der Waals surface area contributed by atoms with E-state index in [1.165, 1.54) is 12.1 Å². The third-order valence-electron chi connectivity index (χ3n) is 3.13. The van der Waals surface area contributed by atoms with Crippen LogP contribution in [0.1, 0.15) is 41.6 Å². The van der Waals surface area contributed by atoms with Crippen molar-refractivity contribution in [2.24, 2.45) is 5.41 Å². The minimum atomic E-state index is -1.41. The number of carbonyl (C=O) groups is 2. The molecule has 23 heavy (non-hydrogen) atoms. The van der Waals surface area contributed by atoms with Gasteiger partial charge in [0.05, 0.1) is 5.69 Å². The highest BCUT2D eigenvalue weighted by Gasteiger charge is 2.27. The van der Waals surface area contributed by atoms with Gasteiger partial charge in [-0.1, -0.05) is 32.4 Å². The van der Waals surface area contributed by atoms with E-state index in [9.17, 15) is 19.5 Å². The molecule has 0 unspecified atom stereocenters. The lowest BCUT2D eigenvalue weighted by molar-refractivity contribution is 0.0694. The summed E-state index contributed by atoms with van der Waals surface area (Å²) in [6, 6.07) is 7.15. The number of halogens is 1. The number of hydrogen-bond donors (Lipinski definition) is 1.